The van der Waals surface area contributed by atoms with Gasteiger partial charge in [0.25, 0.3) is 5.56 Å². The number of ether oxygens (including phenoxy) is 1. The lowest BCUT2D eigenvalue weighted by molar-refractivity contribution is -0.116. The van der Waals surface area contributed by atoms with Crippen molar-refractivity contribution in [2.24, 2.45) is 0 Å². The first kappa shape index (κ1) is 18.2. The molecule has 30 heavy (non-hydrogen) atoms. The normalized spacial score (nSPS) is 18.2. The molecule has 3 N–H and O–H groups in total. The molecule has 1 aromatic heterocycles. The number of nitrogens with one attached hydrogen (secondary N) is 3. The number of fused-ring (bicyclic) bond motifs is 2. The molecule has 0 spiro atoms. The molecule has 3 amide bonds. The Morgan fingerprint density at radius 1 is 1.03 bits per heavy atom. The molecule has 0 bridgehead atoms. The van der Waals surface area contributed by atoms with Crippen LogP contribution in [0.25, 0.3) is 10.9 Å². The van der Waals surface area contributed by atoms with Crippen LogP contribution in [0.5, 0.6) is 5.75 Å². The van der Waals surface area contributed by atoms with Gasteiger partial charge in [-0.1, -0.05) is 6.07 Å². The van der Waals surface area contributed by atoms with Crippen molar-refractivity contribution in [2.45, 2.75) is 12.3 Å². The number of pyridine rings is 1. The van der Waals surface area contributed by atoms with Crippen LogP contribution >= 0.6 is 0 Å². The number of hydrogen-bond donors (Lipinski definition) is 3. The van der Waals surface area contributed by atoms with Crippen LogP contribution < -0.4 is 25.8 Å². The van der Waals surface area contributed by atoms with Crippen LogP contribution in [0.4, 0.5) is 16.2 Å². The SMILES string of the molecule is COc1ccc2[nH]c(=O)c(C3CC(=O)Nc4cc(N5CCNC5=O)ccc43)cc2c1. The molecule has 5 rings (SSSR count). The van der Waals surface area contributed by atoms with Crippen molar-refractivity contribution in [3.05, 3.63) is 63.9 Å². The number of hydrogen-bond acceptors (Lipinski definition) is 4. The van der Waals surface area contributed by atoms with E-state index in [9.17, 15) is 14.4 Å². The summed E-state index contributed by atoms with van der Waals surface area (Å²) in [5.74, 6) is 0.144. The van der Waals surface area contributed by atoms with E-state index in [1.807, 2.05) is 24.3 Å². The molecule has 1 saturated heterocycles. The lowest BCUT2D eigenvalue weighted by atomic mass is 9.84. The molecular formula is C22H20N4O4. The van der Waals surface area contributed by atoms with E-state index < -0.39 is 0 Å². The van der Waals surface area contributed by atoms with Crippen molar-refractivity contribution in [1.82, 2.24) is 10.3 Å². The maximum Gasteiger partial charge on any atom is 0.321 e. The number of carbonyl (C=O) groups is 2. The minimum Gasteiger partial charge on any atom is -0.497 e. The first-order valence-electron chi connectivity index (χ1n) is 9.73. The highest BCUT2D eigenvalue weighted by Crippen LogP contribution is 2.38. The molecule has 1 fully saturated rings. The van der Waals surface area contributed by atoms with E-state index in [4.69, 9.17) is 4.74 Å². The minimum atomic E-state index is -0.380. The van der Waals surface area contributed by atoms with Gasteiger partial charge in [-0.05, 0) is 42.0 Å². The molecule has 152 valence electrons. The number of H-pyrrole nitrogens is 1. The summed E-state index contributed by atoms with van der Waals surface area (Å²) < 4.78 is 5.29. The molecular weight excluding hydrogens is 384 g/mol. The average molecular weight is 404 g/mol. The van der Waals surface area contributed by atoms with E-state index in [2.05, 4.69) is 15.6 Å². The maximum atomic E-state index is 12.8. The van der Waals surface area contributed by atoms with Crippen molar-refractivity contribution >= 4 is 34.2 Å². The van der Waals surface area contributed by atoms with E-state index in [1.165, 1.54) is 0 Å². The Labute approximate surface area is 171 Å². The van der Waals surface area contributed by atoms with Gasteiger partial charge >= 0.3 is 6.03 Å². The fraction of sp³-hybridized carbons (Fsp3) is 0.227. The number of aromatic amines is 1. The Balaban J connectivity index is 1.60. The Bertz CT molecular complexity index is 1250. The fourth-order valence-electron chi connectivity index (χ4n) is 4.20. The third-order valence-corrected chi connectivity index (χ3v) is 5.70. The van der Waals surface area contributed by atoms with E-state index >= 15 is 0 Å². The number of aromatic nitrogens is 1. The van der Waals surface area contributed by atoms with Gasteiger partial charge in [-0.2, -0.15) is 0 Å². The van der Waals surface area contributed by atoms with E-state index in [0.29, 0.717) is 41.3 Å². The third kappa shape index (κ3) is 2.97. The van der Waals surface area contributed by atoms with Crippen molar-refractivity contribution in [3.8, 4) is 5.75 Å². The van der Waals surface area contributed by atoms with Gasteiger partial charge in [0.05, 0.1) is 7.11 Å². The molecule has 0 saturated carbocycles. The predicted octanol–water partition coefficient (Wildman–Crippen LogP) is 2.54. The van der Waals surface area contributed by atoms with Gasteiger partial charge in [0.1, 0.15) is 5.75 Å². The molecule has 8 nitrogen and oxygen atoms in total. The Hall–Kier alpha value is -3.81. The smallest absolute Gasteiger partial charge is 0.321 e. The molecule has 1 unspecified atom stereocenters. The predicted molar refractivity (Wildman–Crippen MR) is 113 cm³/mol. The van der Waals surface area contributed by atoms with Crippen LogP contribution in [-0.4, -0.2) is 37.1 Å². The monoisotopic (exact) mass is 404 g/mol. The number of carbonyl (C=O) groups excluding carboxylic acids is 2. The number of amides is 3. The highest BCUT2D eigenvalue weighted by molar-refractivity contribution is 5.98. The Kier molecular flexibility index (Phi) is 4.20. The Morgan fingerprint density at radius 3 is 2.67 bits per heavy atom. The molecule has 0 radical (unpaired) electrons. The summed E-state index contributed by atoms with van der Waals surface area (Å²) in [6, 6.07) is 12.6. The number of urea groups is 1. The summed E-state index contributed by atoms with van der Waals surface area (Å²) in [4.78, 5) is 41.8. The van der Waals surface area contributed by atoms with Gasteiger partial charge in [0.15, 0.2) is 0 Å². The number of rotatable bonds is 3. The van der Waals surface area contributed by atoms with E-state index in [1.54, 1.807) is 30.2 Å². The molecule has 3 aromatic rings. The summed E-state index contributed by atoms with van der Waals surface area (Å²) in [7, 11) is 1.59. The van der Waals surface area contributed by atoms with Gasteiger partial charge in [0, 0.05) is 53.3 Å². The zero-order valence-electron chi connectivity index (χ0n) is 16.3. The third-order valence-electron chi connectivity index (χ3n) is 5.70. The van der Waals surface area contributed by atoms with Crippen LogP contribution in [0.1, 0.15) is 23.5 Å². The quantitative estimate of drug-likeness (QED) is 0.624. The summed E-state index contributed by atoms with van der Waals surface area (Å²) in [6.07, 6.45) is 0.176. The van der Waals surface area contributed by atoms with Crippen LogP contribution in [0.15, 0.2) is 47.3 Å². The second kappa shape index (κ2) is 6.91. The Morgan fingerprint density at radius 2 is 1.90 bits per heavy atom. The van der Waals surface area contributed by atoms with Crippen LogP contribution in [0.2, 0.25) is 0 Å². The highest BCUT2D eigenvalue weighted by Gasteiger charge is 2.30. The van der Waals surface area contributed by atoms with Crippen LogP contribution in [-0.2, 0) is 4.79 Å². The maximum absolute atomic E-state index is 12.8. The molecule has 2 aliphatic heterocycles. The molecule has 8 heteroatoms. The van der Waals surface area contributed by atoms with Gasteiger partial charge in [-0.3, -0.25) is 14.5 Å². The van der Waals surface area contributed by atoms with Crippen LogP contribution in [0.3, 0.4) is 0 Å². The zero-order chi connectivity index (χ0) is 20.8. The summed E-state index contributed by atoms with van der Waals surface area (Å²) >= 11 is 0. The number of methoxy groups -OCH3 is 1. The highest BCUT2D eigenvalue weighted by atomic mass is 16.5. The fourth-order valence-corrected chi connectivity index (χ4v) is 4.20. The second-order valence-electron chi connectivity index (χ2n) is 7.47. The number of benzene rings is 2. The largest absolute Gasteiger partial charge is 0.497 e. The van der Waals surface area contributed by atoms with Crippen molar-refractivity contribution < 1.29 is 14.3 Å². The second-order valence-corrected chi connectivity index (χ2v) is 7.47. The topological polar surface area (TPSA) is 104 Å². The van der Waals surface area contributed by atoms with Crippen molar-refractivity contribution in [2.75, 3.05) is 30.4 Å². The van der Waals surface area contributed by atoms with Gasteiger partial charge in [-0.25, -0.2) is 4.79 Å². The number of nitrogens with zero attached hydrogens (tertiary/aromatic N) is 1. The average Bonchev–Trinajstić information content (AvgIpc) is 3.17. The molecule has 3 heterocycles. The van der Waals surface area contributed by atoms with E-state index in [-0.39, 0.29) is 29.8 Å². The standard InChI is InChI=1S/C22H20N4O4/c1-30-14-3-5-18-12(8-14)9-17(21(28)25-18)16-11-20(27)24-19-10-13(2-4-15(16)19)26-7-6-23-22(26)29/h2-5,8-10,16H,6-7,11H2,1H3,(H,23,29)(H,24,27)(H,25,28). The van der Waals surface area contributed by atoms with Gasteiger partial charge < -0.3 is 20.4 Å². The van der Waals surface area contributed by atoms with E-state index in [0.717, 1.165) is 10.9 Å². The minimum absolute atomic E-state index is 0.159. The van der Waals surface area contributed by atoms with Crippen LogP contribution in [0, 0.1) is 0 Å². The molecule has 1 atom stereocenters. The molecule has 2 aliphatic rings. The summed E-state index contributed by atoms with van der Waals surface area (Å²) in [5, 5.41) is 6.49. The number of anilines is 2. The van der Waals surface area contributed by atoms with Crippen molar-refractivity contribution in [3.63, 3.8) is 0 Å². The molecule has 2 aromatic carbocycles. The summed E-state index contributed by atoms with van der Waals surface area (Å²) in [5.41, 5.74) is 3.20. The first-order chi connectivity index (χ1) is 14.5. The first-order valence-corrected chi connectivity index (χ1v) is 9.73. The van der Waals surface area contributed by atoms with Gasteiger partial charge in [0.2, 0.25) is 5.91 Å². The van der Waals surface area contributed by atoms with Crippen molar-refractivity contribution in [1.29, 1.82) is 0 Å². The lowest BCUT2D eigenvalue weighted by Gasteiger charge is -2.27. The molecule has 0 aliphatic carbocycles. The van der Waals surface area contributed by atoms with Gasteiger partial charge in [-0.15, -0.1) is 0 Å². The summed E-state index contributed by atoms with van der Waals surface area (Å²) in [6.45, 7) is 1.15. The zero-order valence-corrected chi connectivity index (χ0v) is 16.3. The lowest BCUT2D eigenvalue weighted by Crippen LogP contribution is -2.29.